The van der Waals surface area contributed by atoms with Gasteiger partial charge in [0.2, 0.25) is 0 Å². The van der Waals surface area contributed by atoms with Crippen molar-refractivity contribution in [3.63, 3.8) is 0 Å². The summed E-state index contributed by atoms with van der Waals surface area (Å²) in [5.41, 5.74) is 0.596. The fourth-order valence-corrected chi connectivity index (χ4v) is 2.24. The maximum atomic E-state index is 12.1. The maximum absolute atomic E-state index is 12.1. The number of ether oxygens (including phenoxy) is 1. The molecule has 5 nitrogen and oxygen atoms in total. The Balaban J connectivity index is 3.34. The van der Waals surface area contributed by atoms with E-state index in [9.17, 15) is 9.59 Å². The Hall–Kier alpha value is -2.66. The van der Waals surface area contributed by atoms with E-state index in [1.807, 2.05) is 12.1 Å². The van der Waals surface area contributed by atoms with E-state index >= 15 is 0 Å². The molecule has 1 aromatic carbocycles. The van der Waals surface area contributed by atoms with Crippen LogP contribution in [0.5, 0.6) is 0 Å². The van der Waals surface area contributed by atoms with Gasteiger partial charge in [0, 0.05) is 5.92 Å². The minimum atomic E-state index is -1.16. The number of nitriles is 2. The molecule has 0 spiro atoms. The first-order chi connectivity index (χ1) is 10.1. The zero-order valence-electron chi connectivity index (χ0n) is 11.9. The summed E-state index contributed by atoms with van der Waals surface area (Å²) in [5.74, 6) is -4.22. The van der Waals surface area contributed by atoms with Gasteiger partial charge in [0.25, 0.3) is 0 Å². The second kappa shape index (κ2) is 7.81. The molecule has 0 radical (unpaired) electrons. The second-order valence-corrected chi connectivity index (χ2v) is 4.51. The Labute approximate surface area is 123 Å². The number of ketones is 1. The van der Waals surface area contributed by atoms with Crippen molar-refractivity contribution in [2.45, 2.75) is 19.8 Å². The molecule has 0 N–H and O–H groups in total. The Morgan fingerprint density at radius 2 is 1.76 bits per heavy atom. The zero-order chi connectivity index (χ0) is 15.8. The molecule has 0 amide bonds. The van der Waals surface area contributed by atoms with Crippen molar-refractivity contribution in [3.05, 3.63) is 35.9 Å². The number of carbonyl (C=O) groups excluding carboxylic acids is 2. The molecule has 0 heterocycles. The van der Waals surface area contributed by atoms with E-state index in [0.717, 1.165) is 0 Å². The molecule has 0 saturated heterocycles. The largest absolute Gasteiger partial charge is 0.465 e. The fraction of sp³-hybridized carbons (Fsp3) is 0.375. The molecule has 5 heteroatoms. The lowest BCUT2D eigenvalue weighted by molar-refractivity contribution is -0.152. The van der Waals surface area contributed by atoms with E-state index in [4.69, 9.17) is 15.3 Å². The monoisotopic (exact) mass is 284 g/mol. The Morgan fingerprint density at radius 1 is 1.19 bits per heavy atom. The van der Waals surface area contributed by atoms with E-state index < -0.39 is 29.5 Å². The summed E-state index contributed by atoms with van der Waals surface area (Å²) in [7, 11) is 0. The van der Waals surface area contributed by atoms with Gasteiger partial charge in [0.1, 0.15) is 17.6 Å². The maximum Gasteiger partial charge on any atom is 0.317 e. The van der Waals surface area contributed by atoms with Gasteiger partial charge in [-0.05, 0) is 19.4 Å². The molecule has 1 aromatic rings. The number of nitrogens with zero attached hydrogens (tertiary/aromatic N) is 2. The highest BCUT2D eigenvalue weighted by atomic mass is 16.5. The number of esters is 1. The summed E-state index contributed by atoms with van der Waals surface area (Å²) in [4.78, 5) is 24.0. The molecule has 0 aliphatic carbocycles. The molecule has 0 fully saturated rings. The van der Waals surface area contributed by atoms with Crippen molar-refractivity contribution in [1.29, 1.82) is 10.5 Å². The average Bonchev–Trinajstić information content (AvgIpc) is 2.48. The van der Waals surface area contributed by atoms with Crippen LogP contribution in [0.3, 0.4) is 0 Å². The summed E-state index contributed by atoms with van der Waals surface area (Å²) < 4.78 is 4.93. The summed E-state index contributed by atoms with van der Waals surface area (Å²) in [6.45, 7) is 3.04. The van der Waals surface area contributed by atoms with Gasteiger partial charge in [0.15, 0.2) is 0 Å². The van der Waals surface area contributed by atoms with Crippen molar-refractivity contribution in [2.75, 3.05) is 6.61 Å². The van der Waals surface area contributed by atoms with Gasteiger partial charge in [-0.15, -0.1) is 0 Å². The van der Waals surface area contributed by atoms with Gasteiger partial charge in [-0.3, -0.25) is 9.59 Å². The first-order valence-electron chi connectivity index (χ1n) is 6.58. The number of hydrogen-bond acceptors (Lipinski definition) is 5. The summed E-state index contributed by atoms with van der Waals surface area (Å²) in [5, 5.41) is 18.3. The molecule has 0 unspecified atom stereocenters. The Morgan fingerprint density at radius 3 is 2.19 bits per heavy atom. The molecule has 21 heavy (non-hydrogen) atoms. The van der Waals surface area contributed by atoms with Crippen LogP contribution in [0.4, 0.5) is 0 Å². The van der Waals surface area contributed by atoms with Gasteiger partial charge in [-0.2, -0.15) is 10.5 Å². The lowest BCUT2D eigenvalue weighted by Gasteiger charge is -2.24. The second-order valence-electron chi connectivity index (χ2n) is 4.51. The van der Waals surface area contributed by atoms with Gasteiger partial charge < -0.3 is 4.74 Å². The average molecular weight is 284 g/mol. The molecule has 0 aromatic heterocycles. The molecule has 108 valence electrons. The van der Waals surface area contributed by atoms with Gasteiger partial charge >= 0.3 is 5.97 Å². The van der Waals surface area contributed by atoms with Crippen LogP contribution in [0.1, 0.15) is 25.3 Å². The van der Waals surface area contributed by atoms with Crippen LogP contribution < -0.4 is 0 Å². The normalized spacial score (nSPS) is 12.8. The molecule has 0 bridgehead atoms. The summed E-state index contributed by atoms with van der Waals surface area (Å²) in [6, 6.07) is 12.4. The van der Waals surface area contributed by atoms with Crippen LogP contribution in [0, 0.1) is 34.5 Å². The topological polar surface area (TPSA) is 90.9 Å². The predicted octanol–water partition coefficient (Wildman–Crippen LogP) is 2.20. The van der Waals surface area contributed by atoms with Crippen LogP contribution in [-0.4, -0.2) is 18.4 Å². The Kier molecular flexibility index (Phi) is 6.10. The molecule has 2 atom stereocenters. The van der Waals surface area contributed by atoms with Crippen LogP contribution >= 0.6 is 0 Å². The third-order valence-corrected chi connectivity index (χ3v) is 3.16. The molecule has 0 aliphatic heterocycles. The molecular formula is C16H16N2O3. The lowest BCUT2D eigenvalue weighted by atomic mass is 9.76. The first-order valence-corrected chi connectivity index (χ1v) is 6.58. The first kappa shape index (κ1) is 16.4. The van der Waals surface area contributed by atoms with Gasteiger partial charge in [-0.25, -0.2) is 0 Å². The smallest absolute Gasteiger partial charge is 0.317 e. The highest BCUT2D eigenvalue weighted by Crippen LogP contribution is 2.33. The van der Waals surface area contributed by atoms with Crippen LogP contribution in [0.2, 0.25) is 0 Å². The van der Waals surface area contributed by atoms with Crippen molar-refractivity contribution in [2.24, 2.45) is 11.8 Å². The van der Waals surface area contributed by atoms with Crippen LogP contribution in [0.25, 0.3) is 0 Å². The van der Waals surface area contributed by atoms with E-state index in [-0.39, 0.29) is 6.61 Å². The molecule has 1 rings (SSSR count). The number of benzene rings is 1. The highest BCUT2D eigenvalue weighted by molar-refractivity contribution is 5.99. The lowest BCUT2D eigenvalue weighted by Crippen LogP contribution is -2.33. The van der Waals surface area contributed by atoms with Crippen LogP contribution in [0.15, 0.2) is 30.3 Å². The fourth-order valence-electron chi connectivity index (χ4n) is 2.24. The van der Waals surface area contributed by atoms with Crippen molar-refractivity contribution in [3.8, 4) is 12.1 Å². The molecule has 0 aliphatic rings. The minimum Gasteiger partial charge on any atom is -0.465 e. The summed E-state index contributed by atoms with van der Waals surface area (Å²) >= 11 is 0. The Bertz CT molecular complexity index is 570. The zero-order valence-corrected chi connectivity index (χ0v) is 11.9. The molecular weight excluding hydrogens is 268 g/mol. The number of carbonyl (C=O) groups is 2. The predicted molar refractivity (Wildman–Crippen MR) is 74.7 cm³/mol. The highest BCUT2D eigenvalue weighted by Gasteiger charge is 2.40. The van der Waals surface area contributed by atoms with E-state index in [0.29, 0.717) is 5.56 Å². The quantitative estimate of drug-likeness (QED) is 0.590. The number of rotatable bonds is 6. The third-order valence-electron chi connectivity index (χ3n) is 3.16. The van der Waals surface area contributed by atoms with E-state index in [2.05, 4.69) is 0 Å². The molecule has 0 saturated carbocycles. The van der Waals surface area contributed by atoms with Crippen molar-refractivity contribution < 1.29 is 14.3 Å². The summed E-state index contributed by atoms with van der Waals surface area (Å²) in [6.07, 6.45) is 0. The van der Waals surface area contributed by atoms with E-state index in [1.165, 1.54) is 6.92 Å². The van der Waals surface area contributed by atoms with Crippen molar-refractivity contribution in [1.82, 2.24) is 0 Å². The standard InChI is InChI=1S/C16H16N2O3/c1-3-21-16(20)14(11(2)19)15(13(9-17)10-18)12-7-5-4-6-8-12/h4-8,13-15H,3H2,1-2H3/t14-,15-/m1/s1. The van der Waals surface area contributed by atoms with Gasteiger partial charge in [-0.1, -0.05) is 30.3 Å². The van der Waals surface area contributed by atoms with Crippen LogP contribution in [-0.2, 0) is 14.3 Å². The van der Waals surface area contributed by atoms with E-state index in [1.54, 1.807) is 37.3 Å². The third kappa shape index (κ3) is 3.90. The number of Topliss-reactive ketones (excluding diaryl/α,β-unsaturated/α-hetero) is 1. The van der Waals surface area contributed by atoms with Crippen molar-refractivity contribution >= 4 is 11.8 Å². The van der Waals surface area contributed by atoms with Gasteiger partial charge in [0.05, 0.1) is 18.7 Å². The SMILES string of the molecule is CCOC(=O)[C@H](C(C)=O)[C@H](c1ccccc1)C(C#N)C#N. The number of hydrogen-bond donors (Lipinski definition) is 0. The minimum absolute atomic E-state index is 0.133.